The highest BCUT2D eigenvalue weighted by molar-refractivity contribution is 7.88. The number of benzene rings is 2. The Kier molecular flexibility index (Phi) is 7.22. The number of alkyl halides is 6. The Labute approximate surface area is 191 Å². The first-order chi connectivity index (χ1) is 15.7. The lowest BCUT2D eigenvalue weighted by Gasteiger charge is -2.24. The second-order valence-corrected chi connectivity index (χ2v) is 10.1. The van der Waals surface area contributed by atoms with Crippen LogP contribution in [-0.2, 0) is 32.2 Å². The Morgan fingerprint density at radius 2 is 1.79 bits per heavy atom. The molecular weight excluding hydrogens is 513 g/mol. The number of aryl methyl sites for hydroxylation is 1. The van der Waals surface area contributed by atoms with Crippen molar-refractivity contribution in [2.45, 2.75) is 30.6 Å². The van der Waals surface area contributed by atoms with Gasteiger partial charge in [-0.05, 0) is 47.6 Å². The van der Waals surface area contributed by atoms with Crippen LogP contribution >= 0.6 is 8.58 Å². The fraction of sp³-hybridized carbons (Fsp3) is 0.350. The predicted octanol–water partition coefficient (Wildman–Crippen LogP) is 4.06. The summed E-state index contributed by atoms with van der Waals surface area (Å²) in [5.41, 5.74) is -8.93. The molecule has 6 nitrogen and oxygen atoms in total. The first-order valence-corrected chi connectivity index (χ1v) is 12.2. The van der Waals surface area contributed by atoms with E-state index in [2.05, 4.69) is 8.92 Å². The van der Waals surface area contributed by atoms with Crippen molar-refractivity contribution in [3.8, 4) is 16.9 Å². The van der Waals surface area contributed by atoms with Crippen LogP contribution in [0.2, 0.25) is 0 Å². The van der Waals surface area contributed by atoms with Crippen LogP contribution in [0, 0.1) is 0 Å². The molecule has 0 aliphatic carbocycles. The largest absolute Gasteiger partial charge is 0.534 e. The van der Waals surface area contributed by atoms with Crippen molar-refractivity contribution < 1.29 is 53.6 Å². The van der Waals surface area contributed by atoms with Gasteiger partial charge >= 0.3 is 27.8 Å². The number of fused-ring (bicyclic) bond motifs is 1. The first-order valence-electron chi connectivity index (χ1n) is 9.55. The van der Waals surface area contributed by atoms with Crippen molar-refractivity contribution in [2.75, 3.05) is 13.3 Å². The molecular formula is C20H17F6O6PS. The van der Waals surface area contributed by atoms with E-state index >= 15 is 0 Å². The van der Waals surface area contributed by atoms with Crippen LogP contribution in [0.25, 0.3) is 11.1 Å². The standard InChI is InChI=1S/C20H17F6O6PS/c1-31-18(28)17(27)16-12(19(21,22)23)5-6-13(32-34(29,30)20(24,25)26)15(16)11-4-7-14-10(9-11)3-2-8-33-14/h4-7,9,17,27,33H,2-3,8H2,1H3. The van der Waals surface area contributed by atoms with Gasteiger partial charge in [0.1, 0.15) is 0 Å². The van der Waals surface area contributed by atoms with Gasteiger partial charge in [-0.2, -0.15) is 34.8 Å². The van der Waals surface area contributed by atoms with Crippen molar-refractivity contribution in [1.29, 1.82) is 0 Å². The molecule has 2 unspecified atom stereocenters. The number of ether oxygens (including phenoxy) is 1. The fourth-order valence-electron chi connectivity index (χ4n) is 3.52. The van der Waals surface area contributed by atoms with E-state index in [1.54, 1.807) is 6.07 Å². The van der Waals surface area contributed by atoms with E-state index in [1.807, 2.05) is 0 Å². The van der Waals surface area contributed by atoms with Crippen LogP contribution < -0.4 is 9.49 Å². The van der Waals surface area contributed by atoms with Crippen molar-refractivity contribution in [1.82, 2.24) is 0 Å². The predicted molar refractivity (Wildman–Crippen MR) is 111 cm³/mol. The maximum absolute atomic E-state index is 13.8. The van der Waals surface area contributed by atoms with E-state index in [1.165, 1.54) is 12.1 Å². The minimum Gasteiger partial charge on any atom is -0.467 e. The maximum Gasteiger partial charge on any atom is 0.534 e. The molecule has 1 N–H and O–H groups in total. The molecule has 0 aromatic heterocycles. The van der Waals surface area contributed by atoms with Crippen molar-refractivity contribution >= 4 is 30.0 Å². The minimum absolute atomic E-state index is 0.165. The lowest BCUT2D eigenvalue weighted by atomic mass is 9.89. The smallest absolute Gasteiger partial charge is 0.467 e. The van der Waals surface area contributed by atoms with Gasteiger partial charge in [-0.3, -0.25) is 0 Å². The minimum atomic E-state index is -6.29. The van der Waals surface area contributed by atoms with Gasteiger partial charge < -0.3 is 14.0 Å². The average Bonchev–Trinajstić information content (AvgIpc) is 2.75. The average molecular weight is 530 g/mol. The number of hydrogen-bond donors (Lipinski definition) is 1. The van der Waals surface area contributed by atoms with Crippen molar-refractivity contribution in [3.63, 3.8) is 0 Å². The topological polar surface area (TPSA) is 89.9 Å². The molecule has 2 atom stereocenters. The first kappa shape index (κ1) is 26.2. The van der Waals surface area contributed by atoms with Gasteiger partial charge in [-0.25, -0.2) is 4.79 Å². The lowest BCUT2D eigenvalue weighted by molar-refractivity contribution is -0.152. The molecule has 1 aliphatic rings. The summed E-state index contributed by atoms with van der Waals surface area (Å²) < 4.78 is 112. The lowest BCUT2D eigenvalue weighted by Crippen LogP contribution is -2.29. The summed E-state index contributed by atoms with van der Waals surface area (Å²) in [6, 6.07) is 4.84. The highest BCUT2D eigenvalue weighted by Crippen LogP contribution is 2.46. The Balaban J connectivity index is 2.38. The molecule has 0 fully saturated rings. The van der Waals surface area contributed by atoms with E-state index in [0.29, 0.717) is 26.6 Å². The number of esters is 1. The second-order valence-electron chi connectivity index (χ2n) is 7.21. The Morgan fingerprint density at radius 3 is 2.38 bits per heavy atom. The summed E-state index contributed by atoms with van der Waals surface area (Å²) in [6.07, 6.45) is -5.59. The number of aliphatic hydroxyl groups excluding tert-OH is 1. The fourth-order valence-corrected chi connectivity index (χ4v) is 5.24. The number of hydrogen-bond acceptors (Lipinski definition) is 6. The summed E-state index contributed by atoms with van der Waals surface area (Å²) in [4.78, 5) is 12.0. The third-order valence-electron chi connectivity index (χ3n) is 5.03. The third kappa shape index (κ3) is 5.16. The Bertz CT molecular complexity index is 1210. The monoisotopic (exact) mass is 530 g/mol. The number of aliphatic hydroxyl groups is 1. The number of halogens is 6. The van der Waals surface area contributed by atoms with Crippen molar-refractivity contribution in [3.05, 3.63) is 47.0 Å². The number of carbonyl (C=O) groups is 1. The van der Waals surface area contributed by atoms with Crippen LogP contribution in [0.5, 0.6) is 5.75 Å². The van der Waals surface area contributed by atoms with Gasteiger partial charge in [-0.15, -0.1) is 0 Å². The molecule has 2 aromatic carbocycles. The van der Waals surface area contributed by atoms with Gasteiger partial charge in [0.05, 0.1) is 12.7 Å². The zero-order valence-electron chi connectivity index (χ0n) is 17.2. The molecule has 0 amide bonds. The molecule has 34 heavy (non-hydrogen) atoms. The van der Waals surface area contributed by atoms with E-state index in [4.69, 9.17) is 0 Å². The Hall–Kier alpha value is -2.37. The number of carbonyl (C=O) groups excluding carboxylic acids is 1. The van der Waals surface area contributed by atoms with Gasteiger partial charge in [0, 0.05) is 11.1 Å². The van der Waals surface area contributed by atoms with E-state index < -0.39 is 56.3 Å². The zero-order chi connectivity index (χ0) is 25.5. The summed E-state index contributed by atoms with van der Waals surface area (Å²) >= 11 is 0. The molecule has 1 heterocycles. The summed E-state index contributed by atoms with van der Waals surface area (Å²) in [5, 5.41) is 11.3. The van der Waals surface area contributed by atoms with Gasteiger partial charge in [0.2, 0.25) is 0 Å². The zero-order valence-corrected chi connectivity index (χ0v) is 19.1. The van der Waals surface area contributed by atoms with E-state index in [0.717, 1.165) is 25.0 Å². The normalized spacial score (nSPS) is 16.1. The van der Waals surface area contributed by atoms with Crippen LogP contribution in [0.1, 0.15) is 29.2 Å². The third-order valence-corrected chi connectivity index (χ3v) is 7.46. The summed E-state index contributed by atoms with van der Waals surface area (Å²) in [7, 11) is -5.10. The van der Waals surface area contributed by atoms with Gasteiger partial charge in [0.15, 0.2) is 11.9 Å². The molecule has 0 bridgehead atoms. The molecule has 0 radical (unpaired) electrons. The number of rotatable bonds is 5. The summed E-state index contributed by atoms with van der Waals surface area (Å²) in [6.45, 7) is 0. The molecule has 14 heteroatoms. The maximum atomic E-state index is 13.8. The highest BCUT2D eigenvalue weighted by Gasteiger charge is 2.49. The van der Waals surface area contributed by atoms with E-state index in [9.17, 15) is 44.7 Å². The van der Waals surface area contributed by atoms with Gasteiger partial charge in [0.25, 0.3) is 0 Å². The molecule has 1 aliphatic heterocycles. The van der Waals surface area contributed by atoms with E-state index in [-0.39, 0.29) is 11.6 Å². The van der Waals surface area contributed by atoms with Crippen LogP contribution in [0.3, 0.4) is 0 Å². The SMILES string of the molecule is COC(=O)C(O)c1c(C(F)(F)F)ccc(OS(=O)(=O)C(F)(F)F)c1-c1ccc2c(c1)CCCP2. The quantitative estimate of drug-likeness (QED) is 0.206. The Morgan fingerprint density at radius 1 is 1.12 bits per heavy atom. The summed E-state index contributed by atoms with van der Waals surface area (Å²) in [5.74, 6) is -2.68. The molecule has 0 saturated carbocycles. The van der Waals surface area contributed by atoms with Crippen molar-refractivity contribution in [2.24, 2.45) is 0 Å². The molecule has 0 saturated heterocycles. The molecule has 3 rings (SSSR count). The second kappa shape index (κ2) is 9.35. The van der Waals surface area contributed by atoms with Crippen LogP contribution in [-0.4, -0.2) is 38.3 Å². The molecule has 0 spiro atoms. The van der Waals surface area contributed by atoms with Crippen LogP contribution in [0.15, 0.2) is 30.3 Å². The number of methoxy groups -OCH3 is 1. The highest BCUT2D eigenvalue weighted by atomic mass is 32.2. The van der Waals surface area contributed by atoms with Gasteiger partial charge in [-0.1, -0.05) is 26.8 Å². The molecule has 2 aromatic rings. The van der Waals surface area contributed by atoms with Crippen LogP contribution in [0.4, 0.5) is 26.3 Å². The molecule has 186 valence electrons.